The maximum absolute atomic E-state index is 12.2. The molecule has 1 atom stereocenters. The average molecular weight is 263 g/mol. The number of hydrogen-bond acceptors (Lipinski definition) is 3. The van der Waals surface area contributed by atoms with Gasteiger partial charge in [0.05, 0.1) is 12.2 Å². The summed E-state index contributed by atoms with van der Waals surface area (Å²) < 4.78 is 0. The van der Waals surface area contributed by atoms with Crippen LogP contribution in [0.1, 0.15) is 38.6 Å². The minimum atomic E-state index is 0.180. The summed E-state index contributed by atoms with van der Waals surface area (Å²) in [5.74, 6) is 0.180. The molecule has 1 aromatic rings. The second kappa shape index (κ2) is 7.89. The van der Waals surface area contributed by atoms with Gasteiger partial charge in [-0.15, -0.1) is 0 Å². The molecule has 0 saturated heterocycles. The Kier molecular flexibility index (Phi) is 6.50. The SMILES string of the molecule is CCNC(C)CC(=O)N(CC)Cc1cccc(C)n1. The van der Waals surface area contributed by atoms with Crippen LogP contribution in [0.5, 0.6) is 0 Å². The number of rotatable bonds is 7. The molecule has 106 valence electrons. The Labute approximate surface area is 116 Å². The molecule has 1 aromatic heterocycles. The Hall–Kier alpha value is -1.42. The first kappa shape index (κ1) is 15.6. The number of nitrogens with one attached hydrogen (secondary N) is 1. The number of nitrogens with zero attached hydrogens (tertiary/aromatic N) is 2. The predicted octanol–water partition coefficient (Wildman–Crippen LogP) is 2.13. The van der Waals surface area contributed by atoms with Crippen molar-refractivity contribution in [2.75, 3.05) is 13.1 Å². The second-order valence-corrected chi connectivity index (χ2v) is 4.84. The molecule has 0 aromatic carbocycles. The summed E-state index contributed by atoms with van der Waals surface area (Å²) >= 11 is 0. The van der Waals surface area contributed by atoms with Gasteiger partial charge in [0, 0.05) is 24.7 Å². The third kappa shape index (κ3) is 5.39. The first-order valence-electron chi connectivity index (χ1n) is 7.00. The summed E-state index contributed by atoms with van der Waals surface area (Å²) in [5, 5.41) is 3.27. The Morgan fingerprint density at radius 1 is 1.42 bits per heavy atom. The normalized spacial score (nSPS) is 12.2. The lowest BCUT2D eigenvalue weighted by atomic mass is 10.2. The van der Waals surface area contributed by atoms with E-state index in [9.17, 15) is 4.79 Å². The standard InChI is InChI=1S/C15H25N3O/c1-5-16-13(4)10-15(19)18(6-2)11-14-9-7-8-12(3)17-14/h7-9,13,16H,5-6,10-11H2,1-4H3. The first-order chi connectivity index (χ1) is 9.06. The fourth-order valence-electron chi connectivity index (χ4n) is 2.07. The number of carbonyl (C=O) groups excluding carboxylic acids is 1. The van der Waals surface area contributed by atoms with Gasteiger partial charge in [0.1, 0.15) is 0 Å². The van der Waals surface area contributed by atoms with Gasteiger partial charge in [0.2, 0.25) is 5.91 Å². The molecule has 0 radical (unpaired) electrons. The molecule has 0 aliphatic heterocycles. The molecule has 1 unspecified atom stereocenters. The lowest BCUT2D eigenvalue weighted by Crippen LogP contribution is -2.36. The zero-order chi connectivity index (χ0) is 14.3. The van der Waals surface area contributed by atoms with E-state index in [1.54, 1.807) is 0 Å². The smallest absolute Gasteiger partial charge is 0.224 e. The highest BCUT2D eigenvalue weighted by Crippen LogP contribution is 2.06. The van der Waals surface area contributed by atoms with E-state index in [-0.39, 0.29) is 11.9 Å². The molecule has 1 rings (SSSR count). The molecular weight excluding hydrogens is 238 g/mol. The monoisotopic (exact) mass is 263 g/mol. The number of hydrogen-bond donors (Lipinski definition) is 1. The zero-order valence-corrected chi connectivity index (χ0v) is 12.4. The van der Waals surface area contributed by atoms with Crippen LogP contribution >= 0.6 is 0 Å². The van der Waals surface area contributed by atoms with Crippen molar-refractivity contribution in [3.05, 3.63) is 29.6 Å². The van der Waals surface area contributed by atoms with Gasteiger partial charge in [0.15, 0.2) is 0 Å². The van der Waals surface area contributed by atoms with Crippen LogP contribution in [-0.4, -0.2) is 34.9 Å². The lowest BCUT2D eigenvalue weighted by Gasteiger charge is -2.22. The van der Waals surface area contributed by atoms with Gasteiger partial charge in [-0.1, -0.05) is 13.0 Å². The fraction of sp³-hybridized carbons (Fsp3) is 0.600. The zero-order valence-electron chi connectivity index (χ0n) is 12.4. The summed E-state index contributed by atoms with van der Waals surface area (Å²) in [5.41, 5.74) is 1.94. The molecule has 0 spiro atoms. The van der Waals surface area contributed by atoms with E-state index in [1.165, 1.54) is 0 Å². The van der Waals surface area contributed by atoms with E-state index in [0.29, 0.717) is 19.5 Å². The highest BCUT2D eigenvalue weighted by atomic mass is 16.2. The van der Waals surface area contributed by atoms with Gasteiger partial charge in [0.25, 0.3) is 0 Å². The molecule has 0 aliphatic rings. The number of carbonyl (C=O) groups is 1. The van der Waals surface area contributed by atoms with Gasteiger partial charge in [-0.05, 0) is 39.4 Å². The van der Waals surface area contributed by atoms with Crippen molar-refractivity contribution >= 4 is 5.91 Å². The molecule has 1 amide bonds. The van der Waals surface area contributed by atoms with Gasteiger partial charge >= 0.3 is 0 Å². The largest absolute Gasteiger partial charge is 0.337 e. The Morgan fingerprint density at radius 3 is 2.74 bits per heavy atom. The van der Waals surface area contributed by atoms with Crippen LogP contribution in [0, 0.1) is 6.92 Å². The van der Waals surface area contributed by atoms with Crippen LogP contribution in [-0.2, 0) is 11.3 Å². The summed E-state index contributed by atoms with van der Waals surface area (Å²) in [4.78, 5) is 18.5. The van der Waals surface area contributed by atoms with E-state index in [2.05, 4.69) is 17.2 Å². The Bertz CT molecular complexity index is 406. The summed E-state index contributed by atoms with van der Waals surface area (Å²) in [7, 11) is 0. The number of pyridine rings is 1. The topological polar surface area (TPSA) is 45.2 Å². The van der Waals surface area contributed by atoms with Crippen molar-refractivity contribution in [3.8, 4) is 0 Å². The van der Waals surface area contributed by atoms with Gasteiger partial charge in [-0.3, -0.25) is 9.78 Å². The van der Waals surface area contributed by atoms with Crippen molar-refractivity contribution < 1.29 is 4.79 Å². The average Bonchev–Trinajstić information content (AvgIpc) is 2.36. The maximum Gasteiger partial charge on any atom is 0.224 e. The van der Waals surface area contributed by atoms with Gasteiger partial charge in [-0.2, -0.15) is 0 Å². The quantitative estimate of drug-likeness (QED) is 0.819. The molecule has 0 saturated carbocycles. The highest BCUT2D eigenvalue weighted by Gasteiger charge is 2.15. The van der Waals surface area contributed by atoms with Crippen LogP contribution in [0.3, 0.4) is 0 Å². The molecule has 1 N–H and O–H groups in total. The van der Waals surface area contributed by atoms with Gasteiger partial charge in [-0.25, -0.2) is 0 Å². The molecule has 19 heavy (non-hydrogen) atoms. The van der Waals surface area contributed by atoms with Crippen LogP contribution < -0.4 is 5.32 Å². The molecule has 0 aliphatic carbocycles. The van der Waals surface area contributed by atoms with Crippen LogP contribution in [0.4, 0.5) is 0 Å². The third-order valence-corrected chi connectivity index (χ3v) is 3.07. The van der Waals surface area contributed by atoms with Gasteiger partial charge < -0.3 is 10.2 Å². The molecule has 1 heterocycles. The molecule has 4 heteroatoms. The molecule has 4 nitrogen and oxygen atoms in total. The minimum Gasteiger partial charge on any atom is -0.337 e. The number of aromatic nitrogens is 1. The lowest BCUT2D eigenvalue weighted by molar-refractivity contribution is -0.132. The van der Waals surface area contributed by atoms with E-state index in [0.717, 1.165) is 17.9 Å². The summed E-state index contributed by atoms with van der Waals surface area (Å²) in [6.07, 6.45) is 0.535. The van der Waals surface area contributed by atoms with E-state index in [1.807, 2.05) is 43.9 Å². The van der Waals surface area contributed by atoms with Crippen LogP contribution in [0.15, 0.2) is 18.2 Å². The third-order valence-electron chi connectivity index (χ3n) is 3.07. The highest BCUT2D eigenvalue weighted by molar-refractivity contribution is 5.76. The predicted molar refractivity (Wildman–Crippen MR) is 77.8 cm³/mol. The minimum absolute atomic E-state index is 0.180. The first-order valence-corrected chi connectivity index (χ1v) is 7.00. The molecular formula is C15H25N3O. The Balaban J connectivity index is 2.60. The summed E-state index contributed by atoms with van der Waals surface area (Å²) in [6, 6.07) is 6.14. The van der Waals surface area contributed by atoms with E-state index >= 15 is 0 Å². The summed E-state index contributed by atoms with van der Waals surface area (Å²) in [6.45, 7) is 10.3. The van der Waals surface area contributed by atoms with Crippen molar-refractivity contribution in [2.24, 2.45) is 0 Å². The van der Waals surface area contributed by atoms with Crippen molar-refractivity contribution in [1.29, 1.82) is 0 Å². The van der Waals surface area contributed by atoms with E-state index < -0.39 is 0 Å². The van der Waals surface area contributed by atoms with E-state index in [4.69, 9.17) is 0 Å². The van der Waals surface area contributed by atoms with Crippen molar-refractivity contribution in [2.45, 2.75) is 46.7 Å². The van der Waals surface area contributed by atoms with Crippen molar-refractivity contribution in [1.82, 2.24) is 15.2 Å². The maximum atomic E-state index is 12.2. The second-order valence-electron chi connectivity index (χ2n) is 4.84. The number of aryl methyl sites for hydroxylation is 1. The van der Waals surface area contributed by atoms with Crippen molar-refractivity contribution in [3.63, 3.8) is 0 Å². The van der Waals surface area contributed by atoms with Crippen LogP contribution in [0.2, 0.25) is 0 Å². The molecule has 0 bridgehead atoms. The Morgan fingerprint density at radius 2 is 2.16 bits per heavy atom. The number of amides is 1. The fourth-order valence-corrected chi connectivity index (χ4v) is 2.07. The van der Waals surface area contributed by atoms with Crippen LogP contribution in [0.25, 0.3) is 0 Å². The molecule has 0 fully saturated rings.